The van der Waals surface area contributed by atoms with Gasteiger partial charge in [-0.1, -0.05) is 146 Å². The van der Waals surface area contributed by atoms with Crippen molar-refractivity contribution in [1.82, 2.24) is 72.8 Å². The lowest BCUT2D eigenvalue weighted by molar-refractivity contribution is -0.301. The molecule has 11 atom stereocenters. The monoisotopic (exact) mass is 1850 g/mol. The lowest BCUT2D eigenvalue weighted by Crippen LogP contribution is -2.61. The van der Waals surface area contributed by atoms with Crippen molar-refractivity contribution in [2.75, 3.05) is 59.5 Å². The Hall–Kier alpha value is -11.7. The number of alkyl halides is 1. The lowest BCUT2D eigenvalue weighted by Gasteiger charge is -2.42. The molecule has 3 aromatic heterocycles. The van der Waals surface area contributed by atoms with Crippen molar-refractivity contribution in [3.63, 3.8) is 0 Å². The summed E-state index contributed by atoms with van der Waals surface area (Å²) in [5.74, 6) is -7.94. The Labute approximate surface area is 779 Å². The van der Waals surface area contributed by atoms with E-state index in [4.69, 9.17) is 48.1 Å². The second kappa shape index (κ2) is 43.3. The number of cyclic esters (lactones) is 3. The number of rotatable bonds is 5. The zero-order valence-electron chi connectivity index (χ0n) is 78.7. The zero-order valence-corrected chi connectivity index (χ0v) is 78.7. The summed E-state index contributed by atoms with van der Waals surface area (Å²) in [6.45, 7) is 24.4. The molecule has 11 heterocycles. The topological polar surface area (TPSA) is 426 Å². The number of carbonyl (C=O) groups excluding carboxylic acids is 12. The molecule has 35 heteroatoms. The highest BCUT2D eigenvalue weighted by molar-refractivity contribution is 6.06. The predicted octanol–water partition coefficient (Wildman–Crippen LogP) is 9.48. The Morgan fingerprint density at radius 3 is 1.17 bits per heavy atom. The number of nitrogens with one attached hydrogen (secondary N) is 8. The maximum atomic E-state index is 14.0. The summed E-state index contributed by atoms with van der Waals surface area (Å²) >= 11 is 0. The van der Waals surface area contributed by atoms with Crippen molar-refractivity contribution >= 4 is 128 Å². The molecule has 8 N–H and O–H groups in total. The van der Waals surface area contributed by atoms with E-state index in [-0.39, 0.29) is 81.3 Å². The molecule has 1 saturated carbocycles. The van der Waals surface area contributed by atoms with E-state index in [0.717, 1.165) is 56.9 Å². The molecule has 8 aliphatic heterocycles. The number of benzene rings is 3. The Bertz CT molecular complexity index is 5520. The molecule has 5 saturated heterocycles. The molecule has 6 fully saturated rings. The molecule has 1 aliphatic carbocycles. The maximum absolute atomic E-state index is 14.0. The van der Waals surface area contributed by atoms with Gasteiger partial charge in [0.05, 0.1) is 83.3 Å². The van der Waals surface area contributed by atoms with E-state index in [1.165, 1.54) is 22.0 Å². The highest BCUT2D eigenvalue weighted by Gasteiger charge is 2.51. The molecule has 34 nitrogen and oxygen atoms in total. The smallest absolute Gasteiger partial charge is 0.321 e. The Balaban J connectivity index is 0.000000171. The van der Waals surface area contributed by atoms with Crippen LogP contribution in [0.25, 0.3) is 50.9 Å². The van der Waals surface area contributed by atoms with Gasteiger partial charge in [-0.15, -0.1) is 0 Å². The van der Waals surface area contributed by atoms with Gasteiger partial charge in [-0.3, -0.25) is 82.5 Å². The van der Waals surface area contributed by atoms with E-state index >= 15 is 0 Å². The molecule has 9 amide bonds. The normalized spacial score (nSPS) is 30.0. The molecular formula is C99H126FN15O19. The van der Waals surface area contributed by atoms with Crippen molar-refractivity contribution in [3.05, 3.63) is 143 Å². The fraction of sp³-hybridized carbons (Fsp3) is 0.535. The van der Waals surface area contributed by atoms with Crippen LogP contribution in [0.4, 0.5) is 4.39 Å². The van der Waals surface area contributed by atoms with Gasteiger partial charge in [0.25, 0.3) is 41.4 Å². The third-order valence-electron chi connectivity index (χ3n) is 26.2. The molecule has 718 valence electrons. The van der Waals surface area contributed by atoms with Gasteiger partial charge in [0.15, 0.2) is 24.1 Å². The first-order valence-electron chi connectivity index (χ1n) is 46.7. The number of fused-ring (bicyclic) bond motifs is 12. The van der Waals surface area contributed by atoms with Crippen LogP contribution in [-0.2, 0) is 90.7 Å². The number of aliphatic imine (C=N–C) groups is 1. The quantitative estimate of drug-likeness (QED) is 0.0588. The summed E-state index contributed by atoms with van der Waals surface area (Å²) < 4.78 is 54.3. The first-order valence-corrected chi connectivity index (χ1v) is 46.7. The summed E-state index contributed by atoms with van der Waals surface area (Å²) in [4.78, 5) is 180. The maximum Gasteiger partial charge on any atom is 0.321 e. The molecule has 6 aromatic rings. The van der Waals surface area contributed by atoms with Crippen LogP contribution in [0.5, 0.6) is 0 Å². The van der Waals surface area contributed by atoms with Crippen LogP contribution in [-0.4, -0.2) is 227 Å². The van der Waals surface area contributed by atoms with Crippen LogP contribution >= 0.6 is 0 Å². The van der Waals surface area contributed by atoms with Crippen molar-refractivity contribution in [2.24, 2.45) is 44.9 Å². The summed E-state index contributed by atoms with van der Waals surface area (Å²) in [5, 5.41) is 21.0. The second-order valence-corrected chi connectivity index (χ2v) is 37.8. The number of amides is 9. The summed E-state index contributed by atoms with van der Waals surface area (Å²) in [5.41, 5.74) is 12.2. The molecule has 2 unspecified atom stereocenters. The minimum absolute atomic E-state index is 0.0125. The highest BCUT2D eigenvalue weighted by atomic mass is 19.1. The van der Waals surface area contributed by atoms with Crippen LogP contribution in [0, 0.1) is 39.9 Å². The second-order valence-electron chi connectivity index (χ2n) is 37.8. The van der Waals surface area contributed by atoms with E-state index in [1.54, 1.807) is 85.8 Å². The molecule has 15 bridgehead atoms. The number of carbonyl (C=O) groups is 12. The van der Waals surface area contributed by atoms with Gasteiger partial charge in [-0.25, -0.2) is 30.6 Å². The number of aromatic nitrogens is 3. The molecular weight excluding hydrogens is 1720 g/mol. The van der Waals surface area contributed by atoms with Crippen LogP contribution in [0.3, 0.4) is 0 Å². The first kappa shape index (κ1) is 99.7. The van der Waals surface area contributed by atoms with Crippen molar-refractivity contribution < 1.29 is 95.1 Å². The van der Waals surface area contributed by atoms with Gasteiger partial charge in [0.1, 0.15) is 60.5 Å². The zero-order chi connectivity index (χ0) is 96.3. The van der Waals surface area contributed by atoms with Crippen LogP contribution in [0.2, 0.25) is 0 Å². The molecule has 134 heavy (non-hydrogen) atoms. The van der Waals surface area contributed by atoms with E-state index < -0.39 is 143 Å². The van der Waals surface area contributed by atoms with E-state index in [9.17, 15) is 61.9 Å². The van der Waals surface area contributed by atoms with Gasteiger partial charge >= 0.3 is 17.9 Å². The number of hydrazine groups is 3. The molecule has 15 rings (SSSR count). The molecule has 9 aliphatic rings. The number of halogens is 1. The average molecular weight is 1850 g/mol. The lowest BCUT2D eigenvalue weighted by atomic mass is 9.70. The van der Waals surface area contributed by atoms with Crippen LogP contribution < -0.4 is 42.9 Å². The third kappa shape index (κ3) is 23.4. The Morgan fingerprint density at radius 1 is 0.425 bits per heavy atom. The number of nitrogens with zero attached hydrogens (tertiary/aromatic N) is 7. The van der Waals surface area contributed by atoms with E-state index in [1.807, 2.05) is 125 Å². The van der Waals surface area contributed by atoms with Crippen LogP contribution in [0.15, 0.2) is 114 Å². The van der Waals surface area contributed by atoms with E-state index in [0.29, 0.717) is 105 Å². The van der Waals surface area contributed by atoms with Crippen molar-refractivity contribution in [2.45, 2.75) is 240 Å². The predicted molar refractivity (Wildman–Crippen MR) is 496 cm³/mol. The SMILES string of the molecule is CC(C)[C@@H]1OC(=O)C2(/C=C/c3ccc4ccc(nc4c3)[C@@H](C)NC(=O)[C@@H]3CCCN(N3)C(=O)[C@H](C)NC1=O)COCOC2.CC1CCC2(/C=C/c3ccc4ccc(nc4c3)C(C)NC(=O)[C@@H]3CCCN(N3)C(=O)[C@H](C)NC(=O)C(C(C)C)OC2=O)CC1.CCC1(CF)OCC2(/C=C/c3ccc4ccc(nc4c3)C(C)=NC(=O)[C@@H]3CCCN(N3)C(=O)[C@H](C)NC(=O)[C@H](C(C)C)OC2=O)CO1. The largest absolute Gasteiger partial charge is 0.451 e. The number of hydrogen-bond acceptors (Lipinski definition) is 25. The highest BCUT2D eigenvalue weighted by Crippen LogP contribution is 2.43. The molecule has 3 aromatic carbocycles. The van der Waals surface area contributed by atoms with Crippen molar-refractivity contribution in [3.8, 4) is 0 Å². The summed E-state index contributed by atoms with van der Waals surface area (Å²) in [6.07, 6.45) is 13.8. The average Bonchev–Trinajstić information content (AvgIpc) is 0.971. The summed E-state index contributed by atoms with van der Waals surface area (Å²) in [6, 6.07) is 23.1. The summed E-state index contributed by atoms with van der Waals surface area (Å²) in [7, 11) is 0. The molecule has 3 spiro atoms. The number of hydrogen-bond donors (Lipinski definition) is 8. The van der Waals surface area contributed by atoms with E-state index in [2.05, 4.69) is 54.8 Å². The fourth-order valence-electron chi connectivity index (χ4n) is 17.4. The third-order valence-corrected chi connectivity index (χ3v) is 26.2. The van der Waals surface area contributed by atoms with Gasteiger partial charge in [0.2, 0.25) is 11.8 Å². The van der Waals surface area contributed by atoms with Crippen molar-refractivity contribution in [1.29, 1.82) is 0 Å². The Morgan fingerprint density at radius 2 is 0.776 bits per heavy atom. The fourth-order valence-corrected chi connectivity index (χ4v) is 17.4. The number of ether oxygens (including phenoxy) is 7. The van der Waals surface area contributed by atoms with Gasteiger partial charge in [-0.2, -0.15) is 0 Å². The minimum atomic E-state index is -1.51. The van der Waals surface area contributed by atoms with Crippen LogP contribution in [0.1, 0.15) is 213 Å². The Kier molecular flexibility index (Phi) is 32.2. The minimum Gasteiger partial charge on any atom is -0.451 e. The van der Waals surface area contributed by atoms with Gasteiger partial charge in [0, 0.05) is 42.2 Å². The first-order chi connectivity index (χ1) is 63.9. The number of esters is 3. The molecule has 0 radical (unpaired) electrons. The standard InChI is InChI=1S/C34H42FN5O7.C34H45N5O5.C31H39N5O7/c1-6-34(17-35)45-18-33(19-46-34)14-13-23-9-10-24-11-12-25(38-27(24)16-23)21(4)36-29(41)26-8-7-15-40(39-26)31(43)22(5)37-30(42)28(20(2)3)47-32(33)44;1-20(2)29-31(41)36-23(5)32(42)39-18-6-7-27(38-39)30(40)35-22(4)26-11-10-25-9-8-24(19-28(25)37-26)14-17-34(33(43)44-29)15-12-21(3)13-16-34;1-18(2)26-28(38)33-20(4)29(39)36-13-5-6-24(35-36)27(37)32-19(3)23-10-9-22-8-7-21(14-25(22)34-23)11-12-31(30(40)43-26)15-41-17-42-16-31/h9-14,16,20,22,26,28,39H,6-8,15,17-19H2,1-5H3,(H,37,42);8-11,14,17,19-23,27,29,38H,6-7,12-13,15-16,18H2,1-5H3,(H,35,40)(H,36,41);7-12,14,18-20,24,26,35H,5-6,13,15-17H2,1-4H3,(H,32,37)(H,33,38)/b14-13+,36-21?;17-14+;12-11+/t22-,26-,28-,33?,34?;21?,22?,23-,27-,29?,34?;19-,20+,24+,26+/m001/s1. The number of pyridine rings is 3. The van der Waals surface area contributed by atoms with Gasteiger partial charge in [-0.05, 0) is 183 Å². The van der Waals surface area contributed by atoms with Gasteiger partial charge < -0.3 is 59.7 Å².